The molecule has 1 atom stereocenters. The normalized spacial score (nSPS) is 12.2. The van der Waals surface area contributed by atoms with Gasteiger partial charge in [-0.2, -0.15) is 0 Å². The van der Waals surface area contributed by atoms with Gasteiger partial charge in [0.25, 0.3) is 0 Å². The number of rotatable bonds is 10. The molecule has 2 rings (SSSR count). The summed E-state index contributed by atoms with van der Waals surface area (Å²) in [5, 5.41) is 7.87. The Morgan fingerprint density at radius 3 is 2.21 bits per heavy atom. The zero-order chi connectivity index (χ0) is 21.4. The van der Waals surface area contributed by atoms with Crippen LogP contribution in [0.3, 0.4) is 0 Å². The highest BCUT2D eigenvalue weighted by molar-refractivity contribution is 7.89. The SMILES string of the molecule is CCCOc1ccc(C(=O)CCC(=O)N[C@H](C)c2ccc(S(N)(=O)=O)cc2)cc1. The molecule has 0 unspecified atom stereocenters. The third kappa shape index (κ3) is 6.99. The van der Waals surface area contributed by atoms with Crippen molar-refractivity contribution < 1.29 is 22.7 Å². The molecule has 0 aromatic heterocycles. The third-order valence-electron chi connectivity index (χ3n) is 4.31. The van der Waals surface area contributed by atoms with Crippen LogP contribution in [0, 0.1) is 0 Å². The Balaban J connectivity index is 1.84. The van der Waals surface area contributed by atoms with Crippen LogP contribution in [0.5, 0.6) is 5.75 Å². The summed E-state index contributed by atoms with van der Waals surface area (Å²) in [6, 6.07) is 12.5. The second kappa shape index (κ2) is 10.2. The summed E-state index contributed by atoms with van der Waals surface area (Å²) in [5.41, 5.74) is 1.27. The molecule has 0 aliphatic heterocycles. The fourth-order valence-corrected chi connectivity index (χ4v) is 3.19. The maximum Gasteiger partial charge on any atom is 0.238 e. The van der Waals surface area contributed by atoms with Crippen LogP contribution >= 0.6 is 0 Å². The van der Waals surface area contributed by atoms with E-state index in [-0.39, 0.29) is 35.5 Å². The summed E-state index contributed by atoms with van der Waals surface area (Å²) in [7, 11) is -3.75. The van der Waals surface area contributed by atoms with E-state index in [0.29, 0.717) is 17.9 Å². The number of nitrogens with one attached hydrogen (secondary N) is 1. The predicted molar refractivity (Wildman–Crippen MR) is 110 cm³/mol. The lowest BCUT2D eigenvalue weighted by atomic mass is 10.1. The molecule has 1 amide bonds. The van der Waals surface area contributed by atoms with Gasteiger partial charge < -0.3 is 10.1 Å². The third-order valence-corrected chi connectivity index (χ3v) is 5.24. The van der Waals surface area contributed by atoms with E-state index in [1.54, 1.807) is 43.3 Å². The molecular formula is C21H26N2O5S. The van der Waals surface area contributed by atoms with E-state index in [4.69, 9.17) is 9.88 Å². The molecule has 7 nitrogen and oxygen atoms in total. The standard InChI is InChI=1S/C21H26N2O5S/c1-3-14-28-18-8-4-17(5-9-18)20(24)12-13-21(25)23-15(2)16-6-10-19(11-7-16)29(22,26)27/h4-11,15H,3,12-14H2,1-2H3,(H,23,25)(H2,22,26,27)/t15-/m1/s1. The average Bonchev–Trinajstić information content (AvgIpc) is 2.70. The second-order valence-corrected chi connectivity index (χ2v) is 8.26. The van der Waals surface area contributed by atoms with Crippen molar-refractivity contribution in [1.29, 1.82) is 0 Å². The van der Waals surface area contributed by atoms with E-state index in [9.17, 15) is 18.0 Å². The number of benzene rings is 2. The fourth-order valence-electron chi connectivity index (χ4n) is 2.67. The number of nitrogens with two attached hydrogens (primary N) is 1. The van der Waals surface area contributed by atoms with Crippen molar-refractivity contribution in [2.24, 2.45) is 5.14 Å². The van der Waals surface area contributed by atoms with Crippen molar-refractivity contribution in [1.82, 2.24) is 5.32 Å². The summed E-state index contributed by atoms with van der Waals surface area (Å²) >= 11 is 0. The molecule has 0 spiro atoms. The Bertz CT molecular complexity index is 938. The summed E-state index contributed by atoms with van der Waals surface area (Å²) in [4.78, 5) is 24.4. The molecule has 3 N–H and O–H groups in total. The summed E-state index contributed by atoms with van der Waals surface area (Å²) in [5.74, 6) is 0.333. The zero-order valence-electron chi connectivity index (χ0n) is 16.6. The predicted octanol–water partition coefficient (Wildman–Crippen LogP) is 2.96. The molecule has 0 aliphatic carbocycles. The molecule has 0 bridgehead atoms. The van der Waals surface area contributed by atoms with Gasteiger partial charge in [-0.25, -0.2) is 13.6 Å². The van der Waals surface area contributed by atoms with Gasteiger partial charge in [0.15, 0.2) is 5.78 Å². The van der Waals surface area contributed by atoms with E-state index < -0.39 is 10.0 Å². The minimum Gasteiger partial charge on any atom is -0.494 e. The van der Waals surface area contributed by atoms with Gasteiger partial charge in [0.1, 0.15) is 5.75 Å². The minimum absolute atomic E-state index is 0.0106. The molecule has 0 radical (unpaired) electrons. The number of carbonyl (C=O) groups excluding carboxylic acids is 2. The number of ketones is 1. The number of amides is 1. The molecule has 0 heterocycles. The van der Waals surface area contributed by atoms with Crippen molar-refractivity contribution in [2.75, 3.05) is 6.61 Å². The van der Waals surface area contributed by atoms with Gasteiger partial charge >= 0.3 is 0 Å². The molecular weight excluding hydrogens is 392 g/mol. The molecule has 2 aromatic rings. The largest absolute Gasteiger partial charge is 0.494 e. The molecule has 2 aromatic carbocycles. The highest BCUT2D eigenvalue weighted by Crippen LogP contribution is 2.17. The summed E-state index contributed by atoms with van der Waals surface area (Å²) in [6.07, 6.45) is 1.06. The Hall–Kier alpha value is -2.71. The highest BCUT2D eigenvalue weighted by atomic mass is 32.2. The first kappa shape index (κ1) is 22.6. The number of carbonyl (C=O) groups is 2. The lowest BCUT2D eigenvalue weighted by Crippen LogP contribution is -2.27. The van der Waals surface area contributed by atoms with Crippen molar-refractivity contribution in [3.05, 3.63) is 59.7 Å². The van der Waals surface area contributed by atoms with Crippen molar-refractivity contribution in [2.45, 2.75) is 44.0 Å². The smallest absolute Gasteiger partial charge is 0.238 e. The highest BCUT2D eigenvalue weighted by Gasteiger charge is 2.14. The monoisotopic (exact) mass is 418 g/mol. The van der Waals surface area contributed by atoms with Crippen LogP contribution in [0.2, 0.25) is 0 Å². The Morgan fingerprint density at radius 1 is 1.03 bits per heavy atom. The van der Waals surface area contributed by atoms with Crippen LogP contribution in [-0.2, 0) is 14.8 Å². The van der Waals surface area contributed by atoms with Crippen LogP contribution < -0.4 is 15.2 Å². The number of hydrogen-bond acceptors (Lipinski definition) is 5. The summed E-state index contributed by atoms with van der Waals surface area (Å²) in [6.45, 7) is 4.42. The van der Waals surface area contributed by atoms with E-state index in [0.717, 1.165) is 12.0 Å². The topological polar surface area (TPSA) is 116 Å². The van der Waals surface area contributed by atoms with Gasteiger partial charge in [-0.15, -0.1) is 0 Å². The molecule has 0 fully saturated rings. The quantitative estimate of drug-likeness (QED) is 0.576. The molecule has 0 saturated heterocycles. The van der Waals surface area contributed by atoms with Crippen molar-refractivity contribution in [3.63, 3.8) is 0 Å². The zero-order valence-corrected chi connectivity index (χ0v) is 17.4. The summed E-state index contributed by atoms with van der Waals surface area (Å²) < 4.78 is 28.1. The maximum atomic E-state index is 12.3. The van der Waals surface area contributed by atoms with Gasteiger partial charge in [-0.3, -0.25) is 9.59 Å². The lowest BCUT2D eigenvalue weighted by molar-refractivity contribution is -0.121. The molecule has 156 valence electrons. The molecule has 29 heavy (non-hydrogen) atoms. The first-order valence-electron chi connectivity index (χ1n) is 9.39. The molecule has 0 saturated carbocycles. The van der Waals surface area contributed by atoms with Gasteiger partial charge in [0.05, 0.1) is 17.5 Å². The van der Waals surface area contributed by atoms with Crippen LogP contribution in [0.4, 0.5) is 0 Å². The van der Waals surface area contributed by atoms with Gasteiger partial charge in [0.2, 0.25) is 15.9 Å². The van der Waals surface area contributed by atoms with Crippen LogP contribution in [0.1, 0.15) is 55.1 Å². The van der Waals surface area contributed by atoms with Crippen LogP contribution in [0.15, 0.2) is 53.4 Å². The van der Waals surface area contributed by atoms with E-state index in [2.05, 4.69) is 5.32 Å². The van der Waals surface area contributed by atoms with E-state index in [1.807, 2.05) is 6.92 Å². The van der Waals surface area contributed by atoms with E-state index >= 15 is 0 Å². The Labute approximate surface area is 171 Å². The maximum absolute atomic E-state index is 12.3. The van der Waals surface area contributed by atoms with Crippen LogP contribution in [-0.4, -0.2) is 26.7 Å². The number of ether oxygens (including phenoxy) is 1. The molecule has 0 aliphatic rings. The first-order chi connectivity index (χ1) is 13.7. The van der Waals surface area contributed by atoms with Gasteiger partial charge in [-0.05, 0) is 55.3 Å². The number of Topliss-reactive ketones (excluding diaryl/α,β-unsaturated/α-hetero) is 1. The molecule has 8 heteroatoms. The average molecular weight is 419 g/mol. The lowest BCUT2D eigenvalue weighted by Gasteiger charge is -2.14. The Kier molecular flexibility index (Phi) is 7.92. The van der Waals surface area contributed by atoms with Crippen molar-refractivity contribution >= 4 is 21.7 Å². The first-order valence-corrected chi connectivity index (χ1v) is 10.9. The second-order valence-electron chi connectivity index (χ2n) is 6.70. The fraction of sp³-hybridized carbons (Fsp3) is 0.333. The number of sulfonamides is 1. The number of hydrogen-bond donors (Lipinski definition) is 2. The van der Waals surface area contributed by atoms with Crippen LogP contribution in [0.25, 0.3) is 0 Å². The number of primary sulfonamides is 1. The van der Waals surface area contributed by atoms with E-state index in [1.165, 1.54) is 12.1 Å². The van der Waals surface area contributed by atoms with Gasteiger partial charge in [0, 0.05) is 18.4 Å². The van der Waals surface area contributed by atoms with Crippen molar-refractivity contribution in [3.8, 4) is 5.75 Å². The van der Waals surface area contributed by atoms with Gasteiger partial charge in [-0.1, -0.05) is 19.1 Å². The minimum atomic E-state index is -3.75. The Morgan fingerprint density at radius 2 is 1.66 bits per heavy atom.